The van der Waals surface area contributed by atoms with Crippen LogP contribution < -0.4 is 4.74 Å². The molecular weight excluding hydrogens is 252 g/mol. The van der Waals surface area contributed by atoms with Gasteiger partial charge in [0, 0.05) is 0 Å². The molecule has 1 heterocycles. The van der Waals surface area contributed by atoms with Gasteiger partial charge in [0.05, 0.1) is 32.0 Å². The molecule has 1 saturated heterocycles. The summed E-state index contributed by atoms with van der Waals surface area (Å²) in [5.41, 5.74) is 0.257. The topological polar surface area (TPSA) is 74.4 Å². The maximum Gasteiger partial charge on any atom is 0.338 e. The SMILES string of the molecule is COC(=O)c1ccc(OCC2CO2)cc1C(=O)OC. The summed E-state index contributed by atoms with van der Waals surface area (Å²) in [6, 6.07) is 4.53. The molecule has 1 aliphatic heterocycles. The van der Waals surface area contributed by atoms with Crippen LogP contribution in [-0.4, -0.2) is 45.5 Å². The minimum atomic E-state index is -0.617. The average Bonchev–Trinajstić information content (AvgIpc) is 3.27. The molecule has 0 spiro atoms. The minimum Gasteiger partial charge on any atom is -0.491 e. The first-order valence-electron chi connectivity index (χ1n) is 5.70. The predicted octanol–water partition coefficient (Wildman–Crippen LogP) is 1.04. The van der Waals surface area contributed by atoms with Crippen molar-refractivity contribution < 1.29 is 28.5 Å². The zero-order valence-corrected chi connectivity index (χ0v) is 10.7. The van der Waals surface area contributed by atoms with Gasteiger partial charge in [0.25, 0.3) is 0 Å². The van der Waals surface area contributed by atoms with E-state index in [4.69, 9.17) is 9.47 Å². The maximum absolute atomic E-state index is 11.6. The molecule has 1 aromatic rings. The maximum atomic E-state index is 11.6. The Kier molecular flexibility index (Phi) is 4.01. The smallest absolute Gasteiger partial charge is 0.338 e. The summed E-state index contributed by atoms with van der Waals surface area (Å²) in [7, 11) is 2.49. The first-order chi connectivity index (χ1) is 9.15. The van der Waals surface area contributed by atoms with E-state index < -0.39 is 11.9 Å². The average molecular weight is 266 g/mol. The zero-order valence-electron chi connectivity index (χ0n) is 10.7. The van der Waals surface area contributed by atoms with Crippen LogP contribution >= 0.6 is 0 Å². The number of carbonyl (C=O) groups is 2. The molecule has 1 atom stereocenters. The van der Waals surface area contributed by atoms with Gasteiger partial charge < -0.3 is 18.9 Å². The quantitative estimate of drug-likeness (QED) is 0.585. The van der Waals surface area contributed by atoms with E-state index >= 15 is 0 Å². The number of carbonyl (C=O) groups excluding carboxylic acids is 2. The Labute approximate surface area is 110 Å². The van der Waals surface area contributed by atoms with E-state index in [1.54, 1.807) is 6.07 Å². The van der Waals surface area contributed by atoms with Crippen molar-refractivity contribution in [2.45, 2.75) is 6.10 Å². The van der Waals surface area contributed by atoms with Crippen LogP contribution in [0.4, 0.5) is 0 Å². The molecule has 0 bridgehead atoms. The molecule has 1 aromatic carbocycles. The van der Waals surface area contributed by atoms with Gasteiger partial charge in [-0.15, -0.1) is 0 Å². The Hall–Kier alpha value is -2.08. The molecule has 0 N–H and O–H groups in total. The molecule has 0 amide bonds. The molecule has 6 nitrogen and oxygen atoms in total. The van der Waals surface area contributed by atoms with E-state index in [-0.39, 0.29) is 17.2 Å². The summed E-state index contributed by atoms with van der Waals surface area (Å²) in [5, 5.41) is 0. The Bertz CT molecular complexity index is 492. The monoisotopic (exact) mass is 266 g/mol. The number of rotatable bonds is 5. The number of ether oxygens (including phenoxy) is 4. The van der Waals surface area contributed by atoms with Gasteiger partial charge in [0.1, 0.15) is 18.5 Å². The van der Waals surface area contributed by atoms with Crippen molar-refractivity contribution in [2.75, 3.05) is 27.4 Å². The molecule has 19 heavy (non-hydrogen) atoms. The van der Waals surface area contributed by atoms with Crippen LogP contribution in [0.25, 0.3) is 0 Å². The summed E-state index contributed by atoms with van der Waals surface area (Å²) in [4.78, 5) is 23.2. The van der Waals surface area contributed by atoms with Crippen molar-refractivity contribution >= 4 is 11.9 Å². The highest BCUT2D eigenvalue weighted by molar-refractivity contribution is 6.03. The van der Waals surface area contributed by atoms with Gasteiger partial charge in [-0.3, -0.25) is 0 Å². The summed E-state index contributed by atoms with van der Waals surface area (Å²) >= 11 is 0. The Balaban J connectivity index is 2.23. The standard InChI is InChI=1S/C13H14O6/c1-16-12(14)10-4-3-8(18-6-9-7-19-9)5-11(10)13(15)17-2/h3-5,9H,6-7H2,1-2H3. The zero-order chi connectivity index (χ0) is 13.8. The highest BCUT2D eigenvalue weighted by atomic mass is 16.6. The van der Waals surface area contributed by atoms with E-state index in [1.165, 1.54) is 26.4 Å². The highest BCUT2D eigenvalue weighted by Crippen LogP contribution is 2.21. The number of epoxide rings is 1. The number of hydrogen-bond acceptors (Lipinski definition) is 6. The second kappa shape index (κ2) is 5.71. The van der Waals surface area contributed by atoms with Crippen molar-refractivity contribution in [1.82, 2.24) is 0 Å². The van der Waals surface area contributed by atoms with Crippen molar-refractivity contribution in [3.63, 3.8) is 0 Å². The van der Waals surface area contributed by atoms with Crippen LogP contribution in [0.2, 0.25) is 0 Å². The lowest BCUT2D eigenvalue weighted by Crippen LogP contribution is -2.12. The molecule has 1 unspecified atom stereocenters. The molecule has 0 radical (unpaired) electrons. The van der Waals surface area contributed by atoms with Crippen LogP contribution in [0.15, 0.2) is 18.2 Å². The molecular formula is C13H14O6. The predicted molar refractivity (Wildman–Crippen MR) is 64.4 cm³/mol. The fourth-order valence-corrected chi connectivity index (χ4v) is 1.53. The molecule has 0 aliphatic carbocycles. The van der Waals surface area contributed by atoms with Gasteiger partial charge in [-0.25, -0.2) is 9.59 Å². The van der Waals surface area contributed by atoms with E-state index in [0.717, 1.165) is 0 Å². The molecule has 2 rings (SSSR count). The molecule has 6 heteroatoms. The largest absolute Gasteiger partial charge is 0.491 e. The summed E-state index contributed by atoms with van der Waals surface area (Å²) < 4.78 is 19.7. The van der Waals surface area contributed by atoms with Gasteiger partial charge >= 0.3 is 11.9 Å². The number of hydrogen-bond donors (Lipinski definition) is 0. The van der Waals surface area contributed by atoms with E-state index in [9.17, 15) is 9.59 Å². The first-order valence-corrected chi connectivity index (χ1v) is 5.70. The van der Waals surface area contributed by atoms with Gasteiger partial charge in [-0.2, -0.15) is 0 Å². The van der Waals surface area contributed by atoms with E-state index in [2.05, 4.69) is 9.47 Å². The summed E-state index contributed by atoms with van der Waals surface area (Å²) in [5.74, 6) is -0.741. The minimum absolute atomic E-state index is 0.113. The highest BCUT2D eigenvalue weighted by Gasteiger charge is 2.24. The van der Waals surface area contributed by atoms with Gasteiger partial charge in [0.15, 0.2) is 0 Å². The van der Waals surface area contributed by atoms with Crippen LogP contribution in [0.1, 0.15) is 20.7 Å². The summed E-state index contributed by atoms with van der Waals surface area (Å²) in [6.45, 7) is 1.10. The van der Waals surface area contributed by atoms with E-state index in [1.807, 2.05) is 0 Å². The van der Waals surface area contributed by atoms with Crippen molar-refractivity contribution in [3.05, 3.63) is 29.3 Å². The first kappa shape index (κ1) is 13.4. The van der Waals surface area contributed by atoms with Crippen molar-refractivity contribution in [3.8, 4) is 5.75 Å². The van der Waals surface area contributed by atoms with Gasteiger partial charge in [-0.05, 0) is 18.2 Å². The van der Waals surface area contributed by atoms with Gasteiger partial charge in [-0.1, -0.05) is 0 Å². The molecule has 0 aromatic heterocycles. The number of methoxy groups -OCH3 is 2. The fraction of sp³-hybridized carbons (Fsp3) is 0.385. The normalized spacial score (nSPS) is 16.6. The van der Waals surface area contributed by atoms with Gasteiger partial charge in [0.2, 0.25) is 0 Å². The van der Waals surface area contributed by atoms with Crippen LogP contribution in [0, 0.1) is 0 Å². The third-order valence-electron chi connectivity index (χ3n) is 2.64. The summed E-state index contributed by atoms with van der Waals surface area (Å²) in [6.07, 6.45) is 0.113. The van der Waals surface area contributed by atoms with Crippen LogP contribution in [0.5, 0.6) is 5.75 Å². The third kappa shape index (κ3) is 3.23. The lowest BCUT2D eigenvalue weighted by atomic mass is 10.1. The Morgan fingerprint density at radius 3 is 2.42 bits per heavy atom. The number of benzene rings is 1. The lowest BCUT2D eigenvalue weighted by molar-refractivity contribution is 0.0555. The van der Waals surface area contributed by atoms with Crippen LogP contribution in [-0.2, 0) is 14.2 Å². The van der Waals surface area contributed by atoms with Crippen molar-refractivity contribution in [2.24, 2.45) is 0 Å². The molecule has 102 valence electrons. The molecule has 1 fully saturated rings. The molecule has 1 aliphatic rings. The number of esters is 2. The van der Waals surface area contributed by atoms with Crippen molar-refractivity contribution in [1.29, 1.82) is 0 Å². The third-order valence-corrected chi connectivity index (χ3v) is 2.64. The molecule has 0 saturated carbocycles. The van der Waals surface area contributed by atoms with Crippen LogP contribution in [0.3, 0.4) is 0 Å². The fourth-order valence-electron chi connectivity index (χ4n) is 1.53. The lowest BCUT2D eigenvalue weighted by Gasteiger charge is -2.09. The second-order valence-electron chi connectivity index (χ2n) is 3.96. The van der Waals surface area contributed by atoms with E-state index in [0.29, 0.717) is 19.0 Å². The second-order valence-corrected chi connectivity index (χ2v) is 3.96. The Morgan fingerprint density at radius 2 is 1.84 bits per heavy atom. The Morgan fingerprint density at radius 1 is 1.21 bits per heavy atom.